The summed E-state index contributed by atoms with van der Waals surface area (Å²) >= 11 is 0. The zero-order chi connectivity index (χ0) is 15.3. The summed E-state index contributed by atoms with van der Waals surface area (Å²) in [5, 5.41) is 20.6. The molecular weight excluding hydrogens is 262 g/mol. The Morgan fingerprint density at radius 2 is 2.19 bits per heavy atom. The van der Waals surface area contributed by atoms with Crippen molar-refractivity contribution in [1.29, 1.82) is 5.26 Å². The summed E-state index contributed by atoms with van der Waals surface area (Å²) in [6.07, 6.45) is 2.61. The molecule has 1 aromatic rings. The number of para-hydroxylation sites is 1. The van der Waals surface area contributed by atoms with Crippen LogP contribution in [0.2, 0.25) is 0 Å². The molecule has 0 radical (unpaired) electrons. The second kappa shape index (κ2) is 4.74. The van der Waals surface area contributed by atoms with Crippen LogP contribution in [0, 0.1) is 22.7 Å². The normalized spacial score (nSPS) is 31.3. The van der Waals surface area contributed by atoms with E-state index in [1.165, 1.54) is 0 Å². The van der Waals surface area contributed by atoms with Gasteiger partial charge in [-0.1, -0.05) is 25.1 Å². The van der Waals surface area contributed by atoms with Crippen LogP contribution in [0.4, 0.5) is 0 Å². The fraction of sp³-hybridized carbons (Fsp3) is 0.611. The second-order valence-corrected chi connectivity index (χ2v) is 7.39. The summed E-state index contributed by atoms with van der Waals surface area (Å²) in [5.74, 6) is 1.29. The molecule has 3 nitrogen and oxygen atoms in total. The monoisotopic (exact) mass is 285 g/mol. The van der Waals surface area contributed by atoms with Crippen molar-refractivity contribution in [1.82, 2.24) is 0 Å². The van der Waals surface area contributed by atoms with Crippen molar-refractivity contribution in [3.8, 4) is 11.8 Å². The molecule has 3 heteroatoms. The van der Waals surface area contributed by atoms with Gasteiger partial charge in [0.15, 0.2) is 0 Å². The summed E-state index contributed by atoms with van der Waals surface area (Å²) in [7, 11) is 0. The molecule has 3 atom stereocenters. The number of rotatable bonds is 2. The first-order valence-electron chi connectivity index (χ1n) is 7.77. The van der Waals surface area contributed by atoms with E-state index in [9.17, 15) is 10.4 Å². The fourth-order valence-corrected chi connectivity index (χ4v) is 3.89. The number of fused-ring (bicyclic) bond motifs is 1. The zero-order valence-electron chi connectivity index (χ0n) is 13.0. The highest BCUT2D eigenvalue weighted by Crippen LogP contribution is 2.52. The Morgan fingerprint density at radius 3 is 2.81 bits per heavy atom. The molecule has 0 aromatic heterocycles. The minimum absolute atomic E-state index is 0.235. The largest absolute Gasteiger partial charge is 0.487 e. The summed E-state index contributed by atoms with van der Waals surface area (Å²) in [6, 6.07) is 8.34. The molecule has 3 unspecified atom stereocenters. The van der Waals surface area contributed by atoms with Crippen LogP contribution in [0.5, 0.6) is 5.75 Å². The van der Waals surface area contributed by atoms with Gasteiger partial charge in [-0.25, -0.2) is 0 Å². The Labute approximate surface area is 126 Å². The van der Waals surface area contributed by atoms with Crippen LogP contribution in [-0.4, -0.2) is 10.7 Å². The Hall–Kier alpha value is -1.53. The maximum Gasteiger partial charge on any atom is 0.129 e. The van der Waals surface area contributed by atoms with Gasteiger partial charge in [-0.3, -0.25) is 0 Å². The molecule has 3 rings (SSSR count). The van der Waals surface area contributed by atoms with E-state index in [1.54, 1.807) is 0 Å². The highest BCUT2D eigenvalue weighted by Gasteiger charge is 2.46. The molecule has 1 N–H and O–H groups in total. The van der Waals surface area contributed by atoms with Gasteiger partial charge in [0.2, 0.25) is 0 Å². The Morgan fingerprint density at radius 1 is 1.43 bits per heavy atom. The van der Waals surface area contributed by atoms with Gasteiger partial charge in [0.25, 0.3) is 0 Å². The van der Waals surface area contributed by atoms with E-state index in [-0.39, 0.29) is 5.60 Å². The number of nitrogens with zero attached hydrogens (tertiary/aromatic N) is 1. The highest BCUT2D eigenvalue weighted by atomic mass is 16.5. The number of benzene rings is 1. The van der Waals surface area contributed by atoms with Crippen molar-refractivity contribution < 1.29 is 9.84 Å². The fourth-order valence-electron chi connectivity index (χ4n) is 3.89. The van der Waals surface area contributed by atoms with Crippen LogP contribution >= 0.6 is 0 Å². The van der Waals surface area contributed by atoms with Crippen molar-refractivity contribution in [2.24, 2.45) is 11.3 Å². The summed E-state index contributed by atoms with van der Waals surface area (Å²) in [5.41, 5.74) is 1.02. The maximum absolute atomic E-state index is 10.9. The quantitative estimate of drug-likeness (QED) is 0.900. The van der Waals surface area contributed by atoms with Crippen LogP contribution < -0.4 is 4.74 Å². The van der Waals surface area contributed by atoms with Gasteiger partial charge in [-0.05, 0) is 44.6 Å². The van der Waals surface area contributed by atoms with E-state index in [0.29, 0.717) is 5.92 Å². The van der Waals surface area contributed by atoms with Crippen LogP contribution in [0.1, 0.15) is 57.3 Å². The van der Waals surface area contributed by atoms with E-state index < -0.39 is 11.5 Å². The third-order valence-electron chi connectivity index (χ3n) is 4.96. The molecule has 2 aliphatic rings. The van der Waals surface area contributed by atoms with Gasteiger partial charge < -0.3 is 9.84 Å². The Kier molecular flexibility index (Phi) is 3.26. The van der Waals surface area contributed by atoms with Crippen molar-refractivity contribution in [2.75, 3.05) is 0 Å². The molecule has 0 amide bonds. The van der Waals surface area contributed by atoms with E-state index >= 15 is 0 Å². The van der Waals surface area contributed by atoms with E-state index in [1.807, 2.05) is 12.1 Å². The third-order valence-corrected chi connectivity index (χ3v) is 4.96. The van der Waals surface area contributed by atoms with Gasteiger partial charge in [-0.2, -0.15) is 5.26 Å². The highest BCUT2D eigenvalue weighted by molar-refractivity contribution is 5.48. The van der Waals surface area contributed by atoms with Gasteiger partial charge in [0, 0.05) is 12.0 Å². The van der Waals surface area contributed by atoms with E-state index in [4.69, 9.17) is 4.74 Å². The van der Waals surface area contributed by atoms with E-state index in [0.717, 1.165) is 42.6 Å². The number of hydrogen-bond acceptors (Lipinski definition) is 3. The number of nitriles is 1. The van der Waals surface area contributed by atoms with Crippen molar-refractivity contribution >= 4 is 0 Å². The van der Waals surface area contributed by atoms with Crippen molar-refractivity contribution in [2.45, 2.75) is 58.2 Å². The SMILES string of the molecule is CC1CCC(C#N)(C(O)c2cccc3c2OC(C)(C)C3)C1. The van der Waals surface area contributed by atoms with E-state index in [2.05, 4.69) is 32.9 Å². The lowest BCUT2D eigenvalue weighted by Gasteiger charge is -2.29. The first kappa shape index (κ1) is 14.4. The maximum atomic E-state index is 10.9. The minimum atomic E-state index is -0.767. The molecule has 0 bridgehead atoms. The molecule has 0 spiro atoms. The lowest BCUT2D eigenvalue weighted by molar-refractivity contribution is 0.0580. The molecule has 112 valence electrons. The molecule has 1 aromatic carbocycles. The average molecular weight is 285 g/mol. The summed E-state index contributed by atoms with van der Waals surface area (Å²) in [6.45, 7) is 6.27. The molecule has 1 fully saturated rings. The Balaban J connectivity index is 1.99. The molecule has 1 heterocycles. The lowest BCUT2D eigenvalue weighted by atomic mass is 9.77. The third kappa shape index (κ3) is 2.32. The first-order valence-corrected chi connectivity index (χ1v) is 7.77. The predicted octanol–water partition coefficient (Wildman–Crippen LogP) is 3.76. The molecule has 1 aliphatic carbocycles. The predicted molar refractivity (Wildman–Crippen MR) is 80.9 cm³/mol. The number of hydrogen-bond donors (Lipinski definition) is 1. The minimum Gasteiger partial charge on any atom is -0.487 e. The van der Waals surface area contributed by atoms with Gasteiger partial charge in [0.1, 0.15) is 17.5 Å². The number of aliphatic hydroxyl groups excluding tert-OH is 1. The lowest BCUT2D eigenvalue weighted by Crippen LogP contribution is -2.27. The number of ether oxygens (including phenoxy) is 1. The summed E-state index contributed by atoms with van der Waals surface area (Å²) in [4.78, 5) is 0. The topological polar surface area (TPSA) is 53.2 Å². The smallest absolute Gasteiger partial charge is 0.129 e. The van der Waals surface area contributed by atoms with Crippen LogP contribution in [-0.2, 0) is 6.42 Å². The molecule has 1 aliphatic heterocycles. The second-order valence-electron chi connectivity index (χ2n) is 7.39. The van der Waals surface area contributed by atoms with Gasteiger partial charge in [0.05, 0.1) is 11.5 Å². The van der Waals surface area contributed by atoms with Crippen LogP contribution in [0.25, 0.3) is 0 Å². The van der Waals surface area contributed by atoms with Crippen molar-refractivity contribution in [3.63, 3.8) is 0 Å². The van der Waals surface area contributed by atoms with Crippen molar-refractivity contribution in [3.05, 3.63) is 29.3 Å². The molecule has 21 heavy (non-hydrogen) atoms. The van der Waals surface area contributed by atoms with Crippen LogP contribution in [0.15, 0.2) is 18.2 Å². The van der Waals surface area contributed by atoms with Gasteiger partial charge >= 0.3 is 0 Å². The first-order chi connectivity index (χ1) is 9.87. The Bertz CT molecular complexity index is 602. The summed E-state index contributed by atoms with van der Waals surface area (Å²) < 4.78 is 6.05. The molecular formula is C18H23NO2. The van der Waals surface area contributed by atoms with Gasteiger partial charge in [-0.15, -0.1) is 0 Å². The zero-order valence-corrected chi connectivity index (χ0v) is 13.0. The number of aliphatic hydroxyl groups is 1. The molecule has 1 saturated carbocycles. The molecule has 0 saturated heterocycles. The van der Waals surface area contributed by atoms with Crippen LogP contribution in [0.3, 0.4) is 0 Å². The average Bonchev–Trinajstić information content (AvgIpc) is 2.96. The standard InChI is InChI=1S/C18H23NO2/c1-12-7-8-18(9-12,11-19)16(20)14-6-4-5-13-10-17(2,3)21-15(13)14/h4-6,12,16,20H,7-10H2,1-3H3.